The average Bonchev–Trinajstić information content (AvgIpc) is 3.08. The molecule has 7 heteroatoms. The van der Waals surface area contributed by atoms with E-state index in [2.05, 4.69) is 109 Å². The fourth-order valence-electron chi connectivity index (χ4n) is 5.86. The summed E-state index contributed by atoms with van der Waals surface area (Å²) in [6, 6.07) is 35.2. The minimum absolute atomic E-state index is 0.0118. The number of aliphatic hydroxyl groups excluding tert-OH is 1. The molecule has 0 aliphatic carbocycles. The van der Waals surface area contributed by atoms with Crippen molar-refractivity contribution in [3.63, 3.8) is 0 Å². The highest BCUT2D eigenvalue weighted by Gasteiger charge is 2.39. The van der Waals surface area contributed by atoms with Gasteiger partial charge in [0.25, 0.3) is 0 Å². The Morgan fingerprint density at radius 2 is 1.56 bits per heavy atom. The molecule has 0 saturated carbocycles. The van der Waals surface area contributed by atoms with Crippen LogP contribution in [0.3, 0.4) is 0 Å². The van der Waals surface area contributed by atoms with Crippen LogP contribution in [0, 0.1) is 5.92 Å². The van der Waals surface area contributed by atoms with E-state index >= 15 is 0 Å². The van der Waals surface area contributed by atoms with Gasteiger partial charge in [-0.15, -0.1) is 0 Å². The number of likely N-dealkylation sites (N-methyl/N-ethyl adjacent to an activating group) is 1. The van der Waals surface area contributed by atoms with Crippen LogP contribution in [0.5, 0.6) is 0 Å². The third kappa shape index (κ3) is 8.18. The minimum Gasteiger partial charge on any atom is -0.392 e. The molecule has 0 aromatic heterocycles. The number of aliphatic hydroxyl groups is 1. The van der Waals surface area contributed by atoms with E-state index in [0.29, 0.717) is 13.1 Å². The summed E-state index contributed by atoms with van der Waals surface area (Å²) in [6.07, 6.45) is -0.775. The Hall–Kier alpha value is -4.01. The molecule has 7 nitrogen and oxygen atoms in total. The number of hydrogen-bond donors (Lipinski definition) is 3. The van der Waals surface area contributed by atoms with E-state index in [1.807, 2.05) is 37.3 Å². The van der Waals surface area contributed by atoms with E-state index in [-0.39, 0.29) is 36.8 Å². The maximum atomic E-state index is 11.8. The second-order valence-corrected chi connectivity index (χ2v) is 11.9. The quantitative estimate of drug-likeness (QED) is 0.169. The second-order valence-electron chi connectivity index (χ2n) is 11.9. The van der Waals surface area contributed by atoms with Gasteiger partial charge in [-0.05, 0) is 60.3 Å². The molecule has 0 radical (unpaired) electrons. The number of rotatable bonds is 11. The van der Waals surface area contributed by atoms with Crippen LogP contribution >= 0.6 is 0 Å². The lowest BCUT2D eigenvalue weighted by Gasteiger charge is -2.43. The molecule has 5 rings (SSSR count). The van der Waals surface area contributed by atoms with Crippen LogP contribution in [0.1, 0.15) is 67.0 Å². The maximum Gasteiger partial charge on any atom is 0.315 e. The van der Waals surface area contributed by atoms with Gasteiger partial charge in [-0.3, -0.25) is 4.90 Å². The van der Waals surface area contributed by atoms with Gasteiger partial charge in [0, 0.05) is 37.2 Å². The number of carbonyl (C=O) groups excluding carboxylic acids is 1. The highest BCUT2D eigenvalue weighted by Crippen LogP contribution is 2.42. The van der Waals surface area contributed by atoms with Crippen molar-refractivity contribution in [1.29, 1.82) is 0 Å². The van der Waals surface area contributed by atoms with Gasteiger partial charge in [-0.25, -0.2) is 4.79 Å². The molecular weight excluding hydrogens is 562 g/mol. The van der Waals surface area contributed by atoms with Crippen molar-refractivity contribution in [1.82, 2.24) is 15.5 Å². The summed E-state index contributed by atoms with van der Waals surface area (Å²) >= 11 is 0. The third-order valence-corrected chi connectivity index (χ3v) is 8.77. The van der Waals surface area contributed by atoms with E-state index in [9.17, 15) is 9.90 Å². The van der Waals surface area contributed by atoms with E-state index in [1.54, 1.807) is 0 Å². The first-order valence-corrected chi connectivity index (χ1v) is 15.8. The first-order chi connectivity index (χ1) is 21.9. The molecule has 5 atom stereocenters. The Labute approximate surface area is 267 Å². The van der Waals surface area contributed by atoms with Crippen LogP contribution in [-0.4, -0.2) is 42.3 Å². The fraction of sp³-hybridized carbons (Fsp3) is 0.342. The van der Waals surface area contributed by atoms with Crippen LogP contribution in [0.4, 0.5) is 4.79 Å². The first-order valence-electron chi connectivity index (χ1n) is 15.8. The Balaban J connectivity index is 1.35. The van der Waals surface area contributed by atoms with Crippen molar-refractivity contribution in [2.24, 2.45) is 5.92 Å². The molecule has 1 aliphatic rings. The van der Waals surface area contributed by atoms with Gasteiger partial charge < -0.3 is 25.2 Å². The molecule has 0 spiro atoms. The molecule has 4 aromatic rings. The number of nitrogens with zero attached hydrogens (tertiary/aromatic N) is 1. The van der Waals surface area contributed by atoms with Crippen molar-refractivity contribution in [2.75, 3.05) is 20.1 Å². The lowest BCUT2D eigenvalue weighted by Crippen LogP contribution is -2.44. The van der Waals surface area contributed by atoms with E-state index < -0.39 is 6.29 Å². The van der Waals surface area contributed by atoms with Gasteiger partial charge in [0.05, 0.1) is 18.8 Å². The van der Waals surface area contributed by atoms with E-state index in [4.69, 9.17) is 9.47 Å². The van der Waals surface area contributed by atoms with Gasteiger partial charge in [0.2, 0.25) is 0 Å². The maximum absolute atomic E-state index is 11.8. The van der Waals surface area contributed by atoms with Crippen LogP contribution in [-0.2, 0) is 22.6 Å². The predicted molar refractivity (Wildman–Crippen MR) is 178 cm³/mol. The SMILES string of the molecule is CCNC(=O)NCc1cccc(-c2ccc([C@@H]3O[C@H](CN(C)[C@@H](C)c4ccccc4)[C@H](C)[C@H](c4ccc(CO)cc4)O3)cc2)c1. The van der Waals surface area contributed by atoms with Gasteiger partial charge in [0.1, 0.15) is 0 Å². The fourth-order valence-corrected chi connectivity index (χ4v) is 5.86. The van der Waals surface area contributed by atoms with Crippen molar-refractivity contribution in [2.45, 2.75) is 58.5 Å². The summed E-state index contributed by atoms with van der Waals surface area (Å²) in [7, 11) is 2.15. The Bertz CT molecular complexity index is 1510. The van der Waals surface area contributed by atoms with Gasteiger partial charge in [-0.2, -0.15) is 0 Å². The van der Waals surface area contributed by atoms with Crippen LogP contribution in [0.2, 0.25) is 0 Å². The predicted octanol–water partition coefficient (Wildman–Crippen LogP) is 7.15. The Morgan fingerprint density at radius 3 is 2.24 bits per heavy atom. The lowest BCUT2D eigenvalue weighted by molar-refractivity contribution is -0.276. The summed E-state index contributed by atoms with van der Waals surface area (Å²) in [5.74, 6) is 0.0988. The normalized spacial score (nSPS) is 20.5. The average molecular weight is 608 g/mol. The Morgan fingerprint density at radius 1 is 0.844 bits per heavy atom. The monoisotopic (exact) mass is 607 g/mol. The third-order valence-electron chi connectivity index (χ3n) is 8.77. The minimum atomic E-state index is -0.532. The first kappa shape index (κ1) is 32.4. The molecule has 0 bridgehead atoms. The largest absolute Gasteiger partial charge is 0.392 e. The molecule has 1 heterocycles. The highest BCUT2D eigenvalue weighted by molar-refractivity contribution is 5.73. The molecule has 236 valence electrons. The topological polar surface area (TPSA) is 83.1 Å². The summed E-state index contributed by atoms with van der Waals surface area (Å²) in [5, 5.41) is 15.2. The van der Waals surface area contributed by atoms with Crippen LogP contribution in [0.25, 0.3) is 11.1 Å². The highest BCUT2D eigenvalue weighted by atomic mass is 16.7. The zero-order chi connectivity index (χ0) is 31.8. The summed E-state index contributed by atoms with van der Waals surface area (Å²) in [6.45, 7) is 8.13. The second kappa shape index (κ2) is 15.3. The summed E-state index contributed by atoms with van der Waals surface area (Å²) in [5.41, 5.74) is 7.36. The summed E-state index contributed by atoms with van der Waals surface area (Å²) < 4.78 is 13.4. The smallest absolute Gasteiger partial charge is 0.315 e. The number of ether oxygens (including phenoxy) is 2. The standard InChI is InChI=1S/C38H45N3O4/c1-5-39-38(43)40-23-29-10-9-13-34(22-29)31-18-20-33(21-19-31)37-44-35(24-41(4)27(3)30-11-7-6-8-12-30)26(2)36(45-37)32-16-14-28(25-42)15-17-32/h6-22,26-27,35-37,42H,5,23-25H2,1-4H3,(H2,39,40,43)/t26-,27-,35+,36+,37+/m0/s1. The van der Waals surface area contributed by atoms with Crippen molar-refractivity contribution < 1.29 is 19.4 Å². The van der Waals surface area contributed by atoms with Gasteiger partial charge in [-0.1, -0.05) is 104 Å². The van der Waals surface area contributed by atoms with Gasteiger partial charge >= 0.3 is 6.03 Å². The number of benzene rings is 4. The van der Waals surface area contributed by atoms with Crippen LogP contribution < -0.4 is 10.6 Å². The van der Waals surface area contributed by atoms with Crippen molar-refractivity contribution in [3.8, 4) is 11.1 Å². The molecule has 1 fully saturated rings. The van der Waals surface area contributed by atoms with Crippen molar-refractivity contribution in [3.05, 3.63) is 131 Å². The molecule has 4 aromatic carbocycles. The van der Waals surface area contributed by atoms with E-state index in [0.717, 1.165) is 39.9 Å². The molecule has 3 N–H and O–H groups in total. The number of nitrogens with one attached hydrogen (secondary N) is 2. The van der Waals surface area contributed by atoms with Gasteiger partial charge in [0.15, 0.2) is 6.29 Å². The molecular formula is C38H45N3O4. The zero-order valence-corrected chi connectivity index (χ0v) is 26.6. The number of carbonyl (C=O) groups is 1. The van der Waals surface area contributed by atoms with Crippen LogP contribution in [0.15, 0.2) is 103 Å². The number of hydrogen-bond acceptors (Lipinski definition) is 5. The molecule has 2 amide bonds. The number of amides is 2. The zero-order valence-electron chi connectivity index (χ0n) is 26.6. The van der Waals surface area contributed by atoms with Crippen molar-refractivity contribution >= 4 is 6.03 Å². The lowest BCUT2D eigenvalue weighted by atomic mass is 9.89. The molecule has 1 aliphatic heterocycles. The molecule has 1 saturated heterocycles. The molecule has 0 unspecified atom stereocenters. The number of urea groups is 1. The molecule has 45 heavy (non-hydrogen) atoms. The summed E-state index contributed by atoms with van der Waals surface area (Å²) in [4.78, 5) is 14.2. The Kier molecular flexibility index (Phi) is 11.0. The van der Waals surface area contributed by atoms with E-state index in [1.165, 1.54) is 5.56 Å².